The molecule has 0 aromatic heterocycles. The number of hydrogen-bond donors (Lipinski definition) is 1. The van der Waals surface area contributed by atoms with Gasteiger partial charge in [-0.25, -0.2) is 0 Å². The highest BCUT2D eigenvalue weighted by atomic mass is 16.5. The summed E-state index contributed by atoms with van der Waals surface area (Å²) in [4.78, 5) is 13.7. The van der Waals surface area contributed by atoms with Gasteiger partial charge in [0.2, 0.25) is 5.91 Å². The van der Waals surface area contributed by atoms with Gasteiger partial charge in [-0.2, -0.15) is 0 Å². The third kappa shape index (κ3) is 5.22. The Bertz CT molecular complexity index is 604. The summed E-state index contributed by atoms with van der Waals surface area (Å²) < 4.78 is 5.75. The second kappa shape index (κ2) is 7.61. The Morgan fingerprint density at radius 2 is 1.55 bits per heavy atom. The van der Waals surface area contributed by atoms with E-state index in [4.69, 9.17) is 4.74 Å². The molecule has 4 heteroatoms. The molecule has 0 aliphatic rings. The van der Waals surface area contributed by atoms with Crippen molar-refractivity contribution in [1.82, 2.24) is 4.90 Å². The summed E-state index contributed by atoms with van der Waals surface area (Å²) in [6, 6.07) is 15.3. The Hall–Kier alpha value is -2.33. The van der Waals surface area contributed by atoms with Gasteiger partial charge < -0.3 is 15.0 Å². The van der Waals surface area contributed by atoms with Crippen LogP contribution in [0.4, 0.5) is 5.69 Å². The van der Waals surface area contributed by atoms with Gasteiger partial charge in [-0.1, -0.05) is 17.7 Å². The first-order valence-corrected chi connectivity index (χ1v) is 7.32. The maximum atomic E-state index is 11.8. The maximum Gasteiger partial charge on any atom is 0.225 e. The number of benzene rings is 2. The number of anilines is 1. The second-order valence-electron chi connectivity index (χ2n) is 5.54. The number of ether oxygens (including phenoxy) is 1. The summed E-state index contributed by atoms with van der Waals surface area (Å²) in [5.41, 5.74) is 1.98. The third-order valence-corrected chi connectivity index (χ3v) is 3.18. The van der Waals surface area contributed by atoms with Gasteiger partial charge in [-0.3, -0.25) is 4.79 Å². The van der Waals surface area contributed by atoms with Crippen LogP contribution in [-0.4, -0.2) is 31.4 Å². The zero-order valence-electron chi connectivity index (χ0n) is 13.3. The Morgan fingerprint density at radius 1 is 1.00 bits per heavy atom. The number of carbonyl (C=O) groups is 1. The van der Waals surface area contributed by atoms with E-state index in [2.05, 4.69) is 5.32 Å². The molecule has 0 bridgehead atoms. The van der Waals surface area contributed by atoms with Crippen molar-refractivity contribution < 1.29 is 9.53 Å². The van der Waals surface area contributed by atoms with E-state index < -0.39 is 0 Å². The molecule has 2 aromatic rings. The van der Waals surface area contributed by atoms with Crippen LogP contribution < -0.4 is 10.1 Å². The third-order valence-electron chi connectivity index (χ3n) is 3.18. The minimum atomic E-state index is 0.0147. The highest BCUT2D eigenvalue weighted by molar-refractivity contribution is 5.90. The fourth-order valence-electron chi connectivity index (χ4n) is 1.90. The van der Waals surface area contributed by atoms with E-state index in [0.717, 1.165) is 23.7 Å². The van der Waals surface area contributed by atoms with E-state index in [-0.39, 0.29) is 5.91 Å². The van der Waals surface area contributed by atoms with Crippen LogP contribution >= 0.6 is 0 Å². The van der Waals surface area contributed by atoms with Crippen molar-refractivity contribution in [1.29, 1.82) is 0 Å². The minimum Gasteiger partial charge on any atom is -0.457 e. The lowest BCUT2D eigenvalue weighted by Gasteiger charge is -2.10. The number of hydrogen-bond acceptors (Lipinski definition) is 3. The van der Waals surface area contributed by atoms with Crippen LogP contribution in [0.1, 0.15) is 12.0 Å². The zero-order valence-corrected chi connectivity index (χ0v) is 13.3. The molecule has 116 valence electrons. The smallest absolute Gasteiger partial charge is 0.225 e. The van der Waals surface area contributed by atoms with E-state index in [1.807, 2.05) is 74.4 Å². The maximum absolute atomic E-state index is 11.8. The van der Waals surface area contributed by atoms with Crippen molar-refractivity contribution in [2.24, 2.45) is 0 Å². The Balaban J connectivity index is 1.90. The van der Waals surface area contributed by atoms with E-state index in [9.17, 15) is 4.79 Å². The lowest BCUT2D eigenvalue weighted by atomic mass is 10.2. The molecule has 0 heterocycles. The van der Waals surface area contributed by atoms with E-state index in [0.29, 0.717) is 6.42 Å². The molecular formula is C18H22N2O2. The fraction of sp³-hybridized carbons (Fsp3) is 0.278. The van der Waals surface area contributed by atoms with Crippen molar-refractivity contribution in [2.75, 3.05) is 26.0 Å². The molecule has 4 nitrogen and oxygen atoms in total. The van der Waals surface area contributed by atoms with Crippen LogP contribution in [0.2, 0.25) is 0 Å². The molecule has 1 amide bonds. The first-order chi connectivity index (χ1) is 10.5. The molecule has 0 saturated heterocycles. The van der Waals surface area contributed by atoms with Gasteiger partial charge in [0.15, 0.2) is 0 Å². The van der Waals surface area contributed by atoms with Gasteiger partial charge in [-0.05, 0) is 57.4 Å². The normalized spacial score (nSPS) is 10.5. The quantitative estimate of drug-likeness (QED) is 0.884. The lowest BCUT2D eigenvalue weighted by Crippen LogP contribution is -2.20. The van der Waals surface area contributed by atoms with E-state index >= 15 is 0 Å². The summed E-state index contributed by atoms with van der Waals surface area (Å²) in [6.07, 6.45) is 0.481. The summed E-state index contributed by atoms with van der Waals surface area (Å²) in [5.74, 6) is 1.56. The van der Waals surface area contributed by atoms with Crippen molar-refractivity contribution in [3.8, 4) is 11.5 Å². The molecular weight excluding hydrogens is 276 g/mol. The lowest BCUT2D eigenvalue weighted by molar-refractivity contribution is -0.116. The van der Waals surface area contributed by atoms with Gasteiger partial charge >= 0.3 is 0 Å². The summed E-state index contributed by atoms with van der Waals surface area (Å²) in [7, 11) is 3.90. The number of nitrogens with zero attached hydrogens (tertiary/aromatic N) is 1. The standard InChI is InChI=1S/C18H22N2O2/c1-14-4-8-16(9-5-14)22-17-10-6-15(7-11-17)19-18(21)12-13-20(2)3/h4-11H,12-13H2,1-3H3,(H,19,21). The number of aryl methyl sites for hydroxylation is 1. The first-order valence-electron chi connectivity index (χ1n) is 7.32. The van der Waals surface area contributed by atoms with Gasteiger partial charge in [0.1, 0.15) is 11.5 Å². The zero-order chi connectivity index (χ0) is 15.9. The Morgan fingerprint density at radius 3 is 2.09 bits per heavy atom. The van der Waals surface area contributed by atoms with Gasteiger partial charge in [-0.15, -0.1) is 0 Å². The van der Waals surface area contributed by atoms with Crippen LogP contribution in [0, 0.1) is 6.92 Å². The average molecular weight is 298 g/mol. The molecule has 0 radical (unpaired) electrons. The predicted molar refractivity (Wildman–Crippen MR) is 89.5 cm³/mol. The second-order valence-corrected chi connectivity index (χ2v) is 5.54. The molecule has 0 saturated carbocycles. The minimum absolute atomic E-state index is 0.0147. The van der Waals surface area contributed by atoms with Gasteiger partial charge in [0, 0.05) is 18.7 Å². The van der Waals surface area contributed by atoms with Crippen LogP contribution in [0.15, 0.2) is 48.5 Å². The molecule has 2 rings (SSSR count). The van der Waals surface area contributed by atoms with Crippen LogP contribution in [0.25, 0.3) is 0 Å². The SMILES string of the molecule is Cc1ccc(Oc2ccc(NC(=O)CCN(C)C)cc2)cc1. The number of nitrogens with one attached hydrogen (secondary N) is 1. The van der Waals surface area contributed by atoms with Crippen molar-refractivity contribution in [3.63, 3.8) is 0 Å². The average Bonchev–Trinajstić information content (AvgIpc) is 2.49. The molecule has 1 N–H and O–H groups in total. The summed E-state index contributed by atoms with van der Waals surface area (Å²) in [5, 5.41) is 2.87. The molecule has 0 aliphatic heterocycles. The van der Waals surface area contributed by atoms with Crippen LogP contribution in [0.3, 0.4) is 0 Å². The molecule has 0 spiro atoms. The molecule has 2 aromatic carbocycles. The molecule has 0 aliphatic carbocycles. The number of rotatable bonds is 6. The van der Waals surface area contributed by atoms with Gasteiger partial charge in [0.25, 0.3) is 0 Å². The van der Waals surface area contributed by atoms with Crippen molar-refractivity contribution in [2.45, 2.75) is 13.3 Å². The van der Waals surface area contributed by atoms with Crippen LogP contribution in [0.5, 0.6) is 11.5 Å². The Kier molecular flexibility index (Phi) is 5.55. The van der Waals surface area contributed by atoms with E-state index in [1.165, 1.54) is 5.56 Å². The highest BCUT2D eigenvalue weighted by Gasteiger charge is 2.04. The first kappa shape index (κ1) is 16.0. The van der Waals surface area contributed by atoms with E-state index in [1.54, 1.807) is 0 Å². The largest absolute Gasteiger partial charge is 0.457 e. The number of carbonyl (C=O) groups excluding carboxylic acids is 1. The summed E-state index contributed by atoms with van der Waals surface area (Å²) in [6.45, 7) is 2.78. The monoisotopic (exact) mass is 298 g/mol. The molecule has 0 atom stereocenters. The van der Waals surface area contributed by atoms with Crippen molar-refractivity contribution >= 4 is 11.6 Å². The predicted octanol–water partition coefficient (Wildman–Crippen LogP) is 3.68. The Labute approximate surface area is 131 Å². The number of amides is 1. The molecule has 22 heavy (non-hydrogen) atoms. The summed E-state index contributed by atoms with van der Waals surface area (Å²) >= 11 is 0. The molecule has 0 fully saturated rings. The molecule has 0 unspecified atom stereocenters. The van der Waals surface area contributed by atoms with Gasteiger partial charge in [0.05, 0.1) is 0 Å². The van der Waals surface area contributed by atoms with Crippen LogP contribution in [-0.2, 0) is 4.79 Å². The fourth-order valence-corrected chi connectivity index (χ4v) is 1.90. The topological polar surface area (TPSA) is 41.6 Å². The van der Waals surface area contributed by atoms with Crippen molar-refractivity contribution in [3.05, 3.63) is 54.1 Å². The highest BCUT2D eigenvalue weighted by Crippen LogP contribution is 2.23.